The van der Waals surface area contributed by atoms with Gasteiger partial charge in [0, 0.05) is 0 Å². The fraction of sp³-hybridized carbons (Fsp3) is 0.400. The Morgan fingerprint density at radius 3 is 2.89 bits per heavy atom. The van der Waals surface area contributed by atoms with Gasteiger partial charge in [-0.05, 0) is 30.4 Å². The van der Waals surface area contributed by atoms with Crippen LogP contribution in [0.1, 0.15) is 31.2 Å². The topological polar surface area (TPSA) is 58.6 Å². The lowest BCUT2D eigenvalue weighted by Crippen LogP contribution is -2.38. The maximum atomic E-state index is 11.7. The number of carbonyl (C=O) groups excluding carboxylic acids is 1. The molecule has 19 heavy (non-hydrogen) atoms. The van der Waals surface area contributed by atoms with Crippen molar-refractivity contribution in [3.8, 4) is 0 Å². The summed E-state index contributed by atoms with van der Waals surface area (Å²) in [4.78, 5) is 11.7. The lowest BCUT2D eigenvalue weighted by Gasteiger charge is -2.25. The molecule has 2 rings (SSSR count). The van der Waals surface area contributed by atoms with E-state index in [1.807, 2.05) is 30.3 Å². The predicted octanol–water partition coefficient (Wildman–Crippen LogP) is 3.30. The SMILES string of the molecule is O=C(N[C@@H]1CCCC/C1=C/O)OCc1ccccc1. The van der Waals surface area contributed by atoms with Gasteiger partial charge < -0.3 is 15.2 Å². The van der Waals surface area contributed by atoms with Gasteiger partial charge in [-0.1, -0.05) is 36.8 Å². The van der Waals surface area contributed by atoms with Gasteiger partial charge in [0.15, 0.2) is 0 Å². The molecule has 1 aromatic rings. The van der Waals surface area contributed by atoms with Gasteiger partial charge in [-0.3, -0.25) is 0 Å². The number of rotatable bonds is 3. The maximum absolute atomic E-state index is 11.7. The number of nitrogens with one attached hydrogen (secondary N) is 1. The van der Waals surface area contributed by atoms with E-state index in [1.165, 1.54) is 0 Å². The molecule has 0 saturated heterocycles. The second-order valence-electron chi connectivity index (χ2n) is 4.71. The van der Waals surface area contributed by atoms with Crippen LogP contribution in [0.3, 0.4) is 0 Å². The van der Waals surface area contributed by atoms with Crippen LogP contribution < -0.4 is 5.32 Å². The number of hydrogen-bond acceptors (Lipinski definition) is 3. The fourth-order valence-corrected chi connectivity index (χ4v) is 2.26. The van der Waals surface area contributed by atoms with Crippen LogP contribution in [0.25, 0.3) is 0 Å². The van der Waals surface area contributed by atoms with Gasteiger partial charge in [0.1, 0.15) is 6.61 Å². The van der Waals surface area contributed by atoms with Gasteiger partial charge in [0.25, 0.3) is 0 Å². The predicted molar refractivity (Wildman–Crippen MR) is 72.7 cm³/mol. The highest BCUT2D eigenvalue weighted by atomic mass is 16.5. The van der Waals surface area contributed by atoms with Crippen molar-refractivity contribution in [2.24, 2.45) is 0 Å². The number of amides is 1. The fourth-order valence-electron chi connectivity index (χ4n) is 2.26. The van der Waals surface area contributed by atoms with Crippen LogP contribution in [0.2, 0.25) is 0 Å². The number of alkyl carbamates (subject to hydrolysis) is 1. The molecule has 1 aliphatic carbocycles. The number of hydrogen-bond donors (Lipinski definition) is 2. The second kappa shape index (κ2) is 6.83. The highest BCUT2D eigenvalue weighted by molar-refractivity contribution is 5.68. The van der Waals surface area contributed by atoms with Crippen LogP contribution in [0, 0.1) is 0 Å². The van der Waals surface area contributed by atoms with Gasteiger partial charge in [-0.15, -0.1) is 0 Å². The average molecular weight is 261 g/mol. The van der Waals surface area contributed by atoms with Crippen LogP contribution in [-0.4, -0.2) is 17.2 Å². The van der Waals surface area contributed by atoms with Crippen LogP contribution in [0.4, 0.5) is 4.79 Å². The minimum absolute atomic E-state index is 0.0953. The number of ether oxygens (including phenoxy) is 1. The van der Waals surface area contributed by atoms with Crippen molar-refractivity contribution in [3.63, 3.8) is 0 Å². The Morgan fingerprint density at radius 2 is 2.16 bits per heavy atom. The van der Waals surface area contributed by atoms with E-state index >= 15 is 0 Å². The summed E-state index contributed by atoms with van der Waals surface area (Å²) in [6, 6.07) is 9.46. The Labute approximate surface area is 113 Å². The average Bonchev–Trinajstić information content (AvgIpc) is 2.47. The summed E-state index contributed by atoms with van der Waals surface area (Å²) in [6.07, 6.45) is 4.48. The first-order chi connectivity index (χ1) is 9.29. The molecule has 0 radical (unpaired) electrons. The van der Waals surface area contributed by atoms with E-state index in [0.29, 0.717) is 0 Å². The molecule has 0 unspecified atom stereocenters. The summed E-state index contributed by atoms with van der Waals surface area (Å²) in [5.74, 6) is 0. The van der Waals surface area contributed by atoms with E-state index in [1.54, 1.807) is 0 Å². The zero-order valence-electron chi connectivity index (χ0n) is 10.8. The van der Waals surface area contributed by atoms with Crippen LogP contribution in [0.5, 0.6) is 0 Å². The molecule has 1 fully saturated rings. The Hall–Kier alpha value is -1.97. The molecule has 1 amide bonds. The summed E-state index contributed by atoms with van der Waals surface area (Å²) in [5, 5.41) is 11.9. The highest BCUT2D eigenvalue weighted by Crippen LogP contribution is 2.23. The number of carbonyl (C=O) groups is 1. The van der Waals surface area contributed by atoms with Gasteiger partial charge >= 0.3 is 6.09 Å². The third-order valence-corrected chi connectivity index (χ3v) is 3.33. The summed E-state index contributed by atoms with van der Waals surface area (Å²) < 4.78 is 5.16. The van der Waals surface area contributed by atoms with Gasteiger partial charge in [0.2, 0.25) is 0 Å². The monoisotopic (exact) mass is 261 g/mol. The Kier molecular flexibility index (Phi) is 4.84. The quantitative estimate of drug-likeness (QED) is 0.821. The van der Waals surface area contributed by atoms with Crippen molar-refractivity contribution in [2.45, 2.75) is 38.3 Å². The third-order valence-electron chi connectivity index (χ3n) is 3.33. The number of aliphatic hydroxyl groups excluding tert-OH is 1. The Bertz CT molecular complexity index is 442. The molecule has 1 atom stereocenters. The van der Waals surface area contributed by atoms with Crippen molar-refractivity contribution in [1.82, 2.24) is 5.32 Å². The van der Waals surface area contributed by atoms with Crippen molar-refractivity contribution < 1.29 is 14.6 Å². The number of benzene rings is 1. The minimum Gasteiger partial charge on any atom is -0.516 e. The summed E-state index contributed by atoms with van der Waals surface area (Å²) >= 11 is 0. The first-order valence-corrected chi connectivity index (χ1v) is 6.60. The van der Waals surface area contributed by atoms with Gasteiger partial charge in [-0.25, -0.2) is 4.79 Å². The molecule has 4 nitrogen and oxygen atoms in total. The molecule has 1 aromatic carbocycles. The third kappa shape index (κ3) is 4.02. The Balaban J connectivity index is 1.81. The van der Waals surface area contributed by atoms with E-state index in [-0.39, 0.29) is 12.6 Å². The minimum atomic E-state index is -0.435. The molecule has 1 saturated carbocycles. The molecule has 2 N–H and O–H groups in total. The summed E-state index contributed by atoms with van der Waals surface area (Å²) in [7, 11) is 0. The van der Waals surface area contributed by atoms with E-state index in [0.717, 1.165) is 43.1 Å². The van der Waals surface area contributed by atoms with E-state index < -0.39 is 6.09 Å². The van der Waals surface area contributed by atoms with Gasteiger partial charge in [0.05, 0.1) is 12.3 Å². The molecular formula is C15H19NO3. The van der Waals surface area contributed by atoms with Crippen LogP contribution >= 0.6 is 0 Å². The smallest absolute Gasteiger partial charge is 0.407 e. The maximum Gasteiger partial charge on any atom is 0.407 e. The summed E-state index contributed by atoms with van der Waals surface area (Å²) in [6.45, 7) is 0.261. The lowest BCUT2D eigenvalue weighted by molar-refractivity contribution is 0.135. The largest absolute Gasteiger partial charge is 0.516 e. The van der Waals surface area contributed by atoms with Crippen molar-refractivity contribution in [3.05, 3.63) is 47.7 Å². The highest BCUT2D eigenvalue weighted by Gasteiger charge is 2.21. The van der Waals surface area contributed by atoms with E-state index in [2.05, 4.69) is 5.32 Å². The Morgan fingerprint density at radius 1 is 1.37 bits per heavy atom. The summed E-state index contributed by atoms with van der Waals surface area (Å²) in [5.41, 5.74) is 1.84. The molecule has 0 bridgehead atoms. The van der Waals surface area contributed by atoms with E-state index in [9.17, 15) is 4.79 Å². The molecular weight excluding hydrogens is 242 g/mol. The zero-order valence-corrected chi connectivity index (χ0v) is 10.8. The molecule has 1 aliphatic rings. The first kappa shape index (κ1) is 13.5. The second-order valence-corrected chi connectivity index (χ2v) is 4.71. The molecule has 4 heteroatoms. The standard InChI is InChI=1S/C15H19NO3/c17-10-13-8-4-5-9-14(13)16-15(18)19-11-12-6-2-1-3-7-12/h1-3,6-7,10,14,17H,4-5,8-9,11H2,(H,16,18)/b13-10-/t14-/m1/s1. The first-order valence-electron chi connectivity index (χ1n) is 6.60. The van der Waals surface area contributed by atoms with E-state index in [4.69, 9.17) is 9.84 Å². The zero-order chi connectivity index (χ0) is 13.5. The molecule has 102 valence electrons. The van der Waals surface area contributed by atoms with Gasteiger partial charge in [-0.2, -0.15) is 0 Å². The normalized spacial score (nSPS) is 21.1. The van der Waals surface area contributed by atoms with Crippen LogP contribution in [-0.2, 0) is 11.3 Å². The molecule has 0 aromatic heterocycles. The molecule has 0 spiro atoms. The molecule has 0 heterocycles. The number of aliphatic hydroxyl groups is 1. The van der Waals surface area contributed by atoms with Crippen molar-refractivity contribution in [1.29, 1.82) is 0 Å². The molecule has 0 aliphatic heterocycles. The van der Waals surface area contributed by atoms with Crippen molar-refractivity contribution >= 4 is 6.09 Å². The van der Waals surface area contributed by atoms with Crippen LogP contribution in [0.15, 0.2) is 42.2 Å². The van der Waals surface area contributed by atoms with Crippen molar-refractivity contribution in [2.75, 3.05) is 0 Å². The lowest BCUT2D eigenvalue weighted by atomic mass is 9.91.